The van der Waals surface area contributed by atoms with Gasteiger partial charge in [-0.2, -0.15) is 0 Å². The SMILES string of the molecule is OC1C(I)CC(Cl)C2CCC[N-]C12.Oc1c(I)cc(Cl)c2c1[N-]CC=C2.[Cu+2]. The van der Waals surface area contributed by atoms with Crippen molar-refractivity contribution in [3.63, 3.8) is 0 Å². The second-order valence-corrected chi connectivity index (χ2v) is 10.4. The molecule has 0 spiro atoms. The van der Waals surface area contributed by atoms with Gasteiger partial charge in [0, 0.05) is 14.3 Å². The van der Waals surface area contributed by atoms with Crippen molar-refractivity contribution >= 4 is 80.1 Å². The van der Waals surface area contributed by atoms with Crippen LogP contribution in [0.5, 0.6) is 5.75 Å². The summed E-state index contributed by atoms with van der Waals surface area (Å²) in [6.45, 7) is 1.52. The van der Waals surface area contributed by atoms with Crippen LogP contribution < -0.4 is 0 Å². The van der Waals surface area contributed by atoms with Gasteiger partial charge in [-0.25, -0.2) is 0 Å². The van der Waals surface area contributed by atoms with Gasteiger partial charge in [0.05, 0.1) is 9.67 Å². The molecule has 2 N–H and O–H groups in total. The van der Waals surface area contributed by atoms with Gasteiger partial charge in [-0.1, -0.05) is 58.8 Å². The molecule has 27 heavy (non-hydrogen) atoms. The molecule has 0 aromatic heterocycles. The molecule has 4 rings (SSSR count). The normalized spacial score (nSPS) is 31.4. The molecule has 9 heteroatoms. The van der Waals surface area contributed by atoms with Gasteiger partial charge in [0.15, 0.2) is 0 Å². The van der Waals surface area contributed by atoms with E-state index in [4.69, 9.17) is 23.2 Å². The van der Waals surface area contributed by atoms with Crippen molar-refractivity contribution in [3.8, 4) is 5.75 Å². The Kier molecular flexibility index (Phi) is 9.80. The summed E-state index contributed by atoms with van der Waals surface area (Å²) in [5.41, 5.74) is 1.42. The largest absolute Gasteiger partial charge is 2.00 e. The molecule has 0 amide bonds. The van der Waals surface area contributed by atoms with Gasteiger partial charge >= 0.3 is 17.1 Å². The minimum absolute atomic E-state index is 0. The van der Waals surface area contributed by atoms with E-state index >= 15 is 0 Å². The molecular weight excluding hydrogens is 664 g/mol. The van der Waals surface area contributed by atoms with Crippen molar-refractivity contribution in [2.75, 3.05) is 13.1 Å². The molecule has 0 bridgehead atoms. The second kappa shape index (κ2) is 10.9. The predicted octanol–water partition coefficient (Wildman–Crippen LogP) is 5.99. The molecular formula is C18H20Cl2CuI2N2O2. The van der Waals surface area contributed by atoms with Crippen LogP contribution in [0.1, 0.15) is 24.8 Å². The maximum Gasteiger partial charge on any atom is 2.00 e. The molecule has 1 aliphatic carbocycles. The number of halogens is 4. The summed E-state index contributed by atoms with van der Waals surface area (Å²) in [5.74, 6) is 0.654. The third kappa shape index (κ3) is 5.60. The number of aromatic hydroxyl groups is 1. The molecule has 4 nitrogen and oxygen atoms in total. The molecule has 1 saturated heterocycles. The number of nitrogens with zero attached hydrogens (tertiary/aromatic N) is 2. The molecule has 2 fully saturated rings. The number of phenols is 1. The van der Waals surface area contributed by atoms with E-state index in [9.17, 15) is 10.2 Å². The predicted molar refractivity (Wildman–Crippen MR) is 126 cm³/mol. The summed E-state index contributed by atoms with van der Waals surface area (Å²) >= 11 is 16.6. The number of aliphatic hydroxyl groups excluding tert-OH is 1. The van der Waals surface area contributed by atoms with Crippen molar-refractivity contribution in [3.05, 3.63) is 36.9 Å². The average molecular weight is 685 g/mol. The van der Waals surface area contributed by atoms with E-state index in [1.807, 2.05) is 34.7 Å². The van der Waals surface area contributed by atoms with Gasteiger partial charge in [-0.3, -0.25) is 0 Å². The van der Waals surface area contributed by atoms with Crippen LogP contribution in [0.25, 0.3) is 16.7 Å². The minimum Gasteiger partial charge on any atom is -0.678 e. The zero-order valence-corrected chi connectivity index (χ0v) is 21.0. The van der Waals surface area contributed by atoms with Crippen molar-refractivity contribution in [2.45, 2.75) is 40.7 Å². The minimum atomic E-state index is -0.263. The molecule has 5 unspecified atom stereocenters. The Morgan fingerprint density at radius 2 is 2.04 bits per heavy atom. The van der Waals surface area contributed by atoms with E-state index < -0.39 is 0 Å². The van der Waals surface area contributed by atoms with Crippen molar-refractivity contribution < 1.29 is 27.3 Å². The first-order valence-corrected chi connectivity index (χ1v) is 11.7. The number of hydrogen-bond acceptors (Lipinski definition) is 2. The summed E-state index contributed by atoms with van der Waals surface area (Å²) in [5, 5.41) is 29.1. The van der Waals surface area contributed by atoms with Crippen LogP contribution in [0.4, 0.5) is 5.69 Å². The molecule has 2 heterocycles. The second-order valence-electron chi connectivity index (χ2n) is 6.66. The number of piperidine rings is 1. The summed E-state index contributed by atoms with van der Waals surface area (Å²) < 4.78 is 1.02. The summed E-state index contributed by atoms with van der Waals surface area (Å²) in [4.78, 5) is 0. The fourth-order valence-electron chi connectivity index (χ4n) is 3.62. The summed E-state index contributed by atoms with van der Waals surface area (Å²) in [7, 11) is 0. The van der Waals surface area contributed by atoms with Crippen LogP contribution in [0, 0.1) is 9.49 Å². The van der Waals surface area contributed by atoms with E-state index in [1.165, 1.54) is 0 Å². The monoisotopic (exact) mass is 683 g/mol. The Morgan fingerprint density at radius 1 is 1.30 bits per heavy atom. The third-order valence-electron chi connectivity index (χ3n) is 4.97. The van der Waals surface area contributed by atoms with E-state index in [0.29, 0.717) is 23.2 Å². The van der Waals surface area contributed by atoms with Crippen molar-refractivity contribution in [1.82, 2.24) is 0 Å². The quantitative estimate of drug-likeness (QED) is 0.200. The smallest absolute Gasteiger partial charge is 0.678 e. The maximum absolute atomic E-state index is 9.93. The zero-order chi connectivity index (χ0) is 18.8. The topological polar surface area (TPSA) is 68.7 Å². The Bertz CT molecular complexity index is 696. The molecule has 2 aliphatic heterocycles. The zero-order valence-electron chi connectivity index (χ0n) is 14.3. The molecule has 5 atom stereocenters. The standard InChI is InChI=1S/C9H14ClINO.C9H6ClINO.Cu/c2*10-6-4-7(11)9(13)8-5(6)2-1-3-12-8;/h5-9,13H,1-4H2;1-2,4,13H,3H2;/q2*-1;+2. The van der Waals surface area contributed by atoms with Crippen LogP contribution >= 0.6 is 68.4 Å². The first kappa shape index (κ1) is 24.3. The number of rotatable bonds is 0. The van der Waals surface area contributed by atoms with E-state index in [1.54, 1.807) is 6.07 Å². The fourth-order valence-corrected chi connectivity index (χ4v) is 6.37. The summed E-state index contributed by atoms with van der Waals surface area (Å²) in [6, 6.07) is 1.86. The summed E-state index contributed by atoms with van der Waals surface area (Å²) in [6.07, 6.45) is 6.76. The van der Waals surface area contributed by atoms with Crippen LogP contribution in [-0.2, 0) is 17.1 Å². The van der Waals surface area contributed by atoms with Crippen LogP contribution in [0.2, 0.25) is 5.02 Å². The number of hydrogen-bond donors (Lipinski definition) is 2. The molecule has 1 saturated carbocycles. The molecule has 1 radical (unpaired) electrons. The van der Waals surface area contributed by atoms with Crippen LogP contribution in [0.3, 0.4) is 0 Å². The molecule has 1 aromatic carbocycles. The number of phenolic OH excluding ortho intramolecular Hbond substituents is 1. The van der Waals surface area contributed by atoms with E-state index in [2.05, 4.69) is 33.2 Å². The van der Waals surface area contributed by atoms with Crippen molar-refractivity contribution in [1.29, 1.82) is 0 Å². The first-order chi connectivity index (χ1) is 12.4. The van der Waals surface area contributed by atoms with Gasteiger partial charge in [0.1, 0.15) is 5.75 Å². The molecule has 1 aromatic rings. The van der Waals surface area contributed by atoms with Crippen LogP contribution in [0.15, 0.2) is 12.1 Å². The number of aliphatic hydroxyl groups is 1. The third-order valence-corrected chi connectivity index (χ3v) is 7.85. The van der Waals surface area contributed by atoms with E-state index in [0.717, 1.165) is 34.9 Å². The van der Waals surface area contributed by atoms with Gasteiger partial charge in [0.25, 0.3) is 0 Å². The Balaban J connectivity index is 0.000000187. The van der Waals surface area contributed by atoms with Gasteiger partial charge < -0.3 is 20.8 Å². The van der Waals surface area contributed by atoms with Gasteiger partial charge in [-0.05, 0) is 46.6 Å². The first-order valence-electron chi connectivity index (χ1n) is 8.58. The average Bonchev–Trinajstić information content (AvgIpc) is 2.65. The number of benzene rings is 1. The number of fused-ring (bicyclic) bond motifs is 2. The fraction of sp³-hybridized carbons (Fsp3) is 0.556. The molecule has 153 valence electrons. The number of alkyl halides is 2. The Hall–Kier alpha value is 1.04. The van der Waals surface area contributed by atoms with E-state index in [-0.39, 0.29) is 44.3 Å². The maximum atomic E-state index is 9.93. The molecule has 3 aliphatic rings. The van der Waals surface area contributed by atoms with Crippen molar-refractivity contribution in [2.24, 2.45) is 5.92 Å². The Morgan fingerprint density at radius 3 is 2.78 bits per heavy atom. The Labute approximate surface area is 208 Å². The van der Waals surface area contributed by atoms with Gasteiger partial charge in [-0.15, -0.1) is 36.8 Å². The van der Waals surface area contributed by atoms with Crippen LogP contribution in [-0.4, -0.2) is 44.8 Å². The van der Waals surface area contributed by atoms with Gasteiger partial charge in [0.2, 0.25) is 0 Å².